The van der Waals surface area contributed by atoms with Crippen LogP contribution in [0.4, 0.5) is 0 Å². The Morgan fingerprint density at radius 2 is 1.68 bits per heavy atom. The summed E-state index contributed by atoms with van der Waals surface area (Å²) in [6, 6.07) is 25.5. The molecule has 1 unspecified atom stereocenters. The number of hydrogen-bond donors (Lipinski definition) is 1. The Kier molecular flexibility index (Phi) is 7.81. The molecule has 0 aliphatic rings. The van der Waals surface area contributed by atoms with Gasteiger partial charge >= 0.3 is 0 Å². The molecule has 34 heavy (non-hydrogen) atoms. The third kappa shape index (κ3) is 5.95. The van der Waals surface area contributed by atoms with Crippen LogP contribution >= 0.6 is 0 Å². The van der Waals surface area contributed by atoms with E-state index in [0.717, 1.165) is 53.3 Å². The third-order valence-electron chi connectivity index (χ3n) is 5.79. The van der Waals surface area contributed by atoms with Crippen molar-refractivity contribution in [2.75, 3.05) is 13.7 Å². The molecule has 0 aliphatic carbocycles. The van der Waals surface area contributed by atoms with Crippen molar-refractivity contribution in [1.29, 1.82) is 0 Å². The largest absolute Gasteiger partial charge is 0.497 e. The summed E-state index contributed by atoms with van der Waals surface area (Å²) in [5, 5.41) is 3.13. The minimum absolute atomic E-state index is 0.0257. The topological polar surface area (TPSA) is 65.4 Å². The van der Waals surface area contributed by atoms with Crippen LogP contribution in [-0.2, 0) is 17.8 Å². The normalized spacial score (nSPS) is 11.8. The van der Waals surface area contributed by atoms with Crippen molar-refractivity contribution in [3.63, 3.8) is 0 Å². The van der Waals surface area contributed by atoms with E-state index < -0.39 is 0 Å². The van der Waals surface area contributed by atoms with E-state index in [2.05, 4.69) is 16.0 Å². The number of rotatable bonds is 11. The van der Waals surface area contributed by atoms with Gasteiger partial charge in [0.2, 0.25) is 5.91 Å². The molecule has 6 heteroatoms. The number of fused-ring (bicyclic) bond motifs is 1. The van der Waals surface area contributed by atoms with E-state index in [-0.39, 0.29) is 11.9 Å². The molecular weight excluding hydrogens is 426 g/mol. The van der Waals surface area contributed by atoms with Gasteiger partial charge in [-0.05, 0) is 61.7 Å². The average Bonchev–Trinajstić information content (AvgIpc) is 3.25. The van der Waals surface area contributed by atoms with Gasteiger partial charge in [-0.25, -0.2) is 4.98 Å². The van der Waals surface area contributed by atoms with E-state index in [1.54, 1.807) is 7.11 Å². The molecule has 4 aromatic rings. The Morgan fingerprint density at radius 3 is 2.44 bits per heavy atom. The number of methoxy groups -OCH3 is 1. The van der Waals surface area contributed by atoms with Crippen molar-refractivity contribution in [1.82, 2.24) is 14.9 Å². The zero-order valence-corrected chi connectivity index (χ0v) is 19.7. The summed E-state index contributed by atoms with van der Waals surface area (Å²) in [5.41, 5.74) is 3.15. The highest BCUT2D eigenvalue weighted by atomic mass is 16.5. The van der Waals surface area contributed by atoms with Gasteiger partial charge in [-0.2, -0.15) is 0 Å². The summed E-state index contributed by atoms with van der Waals surface area (Å²) in [4.78, 5) is 17.4. The fourth-order valence-corrected chi connectivity index (χ4v) is 4.03. The highest BCUT2D eigenvalue weighted by Gasteiger charge is 2.18. The van der Waals surface area contributed by atoms with Gasteiger partial charge in [0.1, 0.15) is 17.3 Å². The molecule has 1 aromatic heterocycles. The van der Waals surface area contributed by atoms with Crippen LogP contribution in [0.1, 0.15) is 37.2 Å². The first kappa shape index (κ1) is 23.4. The number of benzene rings is 3. The van der Waals surface area contributed by atoms with E-state index in [0.29, 0.717) is 13.0 Å². The maximum atomic E-state index is 12.6. The van der Waals surface area contributed by atoms with Gasteiger partial charge in [0.05, 0.1) is 30.8 Å². The van der Waals surface area contributed by atoms with Crippen LogP contribution in [-0.4, -0.2) is 29.2 Å². The molecule has 1 amide bonds. The number of ether oxygens (including phenoxy) is 2. The molecule has 6 nitrogen and oxygen atoms in total. The van der Waals surface area contributed by atoms with Crippen molar-refractivity contribution in [2.24, 2.45) is 0 Å². The Labute approximate surface area is 200 Å². The van der Waals surface area contributed by atoms with Gasteiger partial charge in [-0.3, -0.25) is 4.79 Å². The molecule has 1 N–H and O–H groups in total. The van der Waals surface area contributed by atoms with Crippen LogP contribution in [0.5, 0.6) is 11.5 Å². The number of imidazole rings is 1. The summed E-state index contributed by atoms with van der Waals surface area (Å²) in [6.07, 6.45) is 1.98. The van der Waals surface area contributed by atoms with Crippen LogP contribution in [0.15, 0.2) is 78.9 Å². The number of carbonyl (C=O) groups is 1. The second-order valence-corrected chi connectivity index (χ2v) is 8.26. The monoisotopic (exact) mass is 457 g/mol. The van der Waals surface area contributed by atoms with Gasteiger partial charge in [-0.15, -0.1) is 0 Å². The van der Waals surface area contributed by atoms with Gasteiger partial charge in [0, 0.05) is 13.0 Å². The second-order valence-electron chi connectivity index (χ2n) is 8.26. The SMILES string of the molecule is COc1ccc(OCCCn2c(C(C)NC(=O)CCc3ccccc3)nc3ccccc32)cc1. The summed E-state index contributed by atoms with van der Waals surface area (Å²) >= 11 is 0. The molecule has 176 valence electrons. The Bertz CT molecular complexity index is 1200. The molecule has 3 aromatic carbocycles. The molecule has 1 heterocycles. The first-order valence-corrected chi connectivity index (χ1v) is 11.7. The quantitative estimate of drug-likeness (QED) is 0.310. The molecule has 0 saturated heterocycles. The fourth-order valence-electron chi connectivity index (χ4n) is 4.03. The highest BCUT2D eigenvalue weighted by molar-refractivity contribution is 5.78. The van der Waals surface area contributed by atoms with Crippen LogP contribution in [0.2, 0.25) is 0 Å². The number of para-hydroxylation sites is 2. The first-order chi connectivity index (χ1) is 16.6. The summed E-state index contributed by atoms with van der Waals surface area (Å²) in [7, 11) is 1.65. The van der Waals surface area contributed by atoms with E-state index >= 15 is 0 Å². The van der Waals surface area contributed by atoms with Gasteiger partial charge in [0.15, 0.2) is 0 Å². The molecule has 1 atom stereocenters. The van der Waals surface area contributed by atoms with Crippen molar-refractivity contribution >= 4 is 16.9 Å². The van der Waals surface area contributed by atoms with Crippen molar-refractivity contribution in [3.8, 4) is 11.5 Å². The van der Waals surface area contributed by atoms with Gasteiger partial charge < -0.3 is 19.4 Å². The van der Waals surface area contributed by atoms with Crippen LogP contribution in [0.3, 0.4) is 0 Å². The molecule has 0 fully saturated rings. The van der Waals surface area contributed by atoms with Crippen molar-refractivity contribution < 1.29 is 14.3 Å². The molecule has 0 radical (unpaired) electrons. The third-order valence-corrected chi connectivity index (χ3v) is 5.79. The fraction of sp³-hybridized carbons (Fsp3) is 0.286. The Morgan fingerprint density at radius 1 is 0.971 bits per heavy atom. The minimum atomic E-state index is -0.196. The minimum Gasteiger partial charge on any atom is -0.497 e. The smallest absolute Gasteiger partial charge is 0.220 e. The van der Waals surface area contributed by atoms with Crippen molar-refractivity contribution in [3.05, 3.63) is 90.3 Å². The summed E-state index contributed by atoms with van der Waals surface area (Å²) < 4.78 is 13.3. The molecular formula is C28H31N3O3. The first-order valence-electron chi connectivity index (χ1n) is 11.7. The number of nitrogens with one attached hydrogen (secondary N) is 1. The number of aromatic nitrogens is 2. The maximum Gasteiger partial charge on any atom is 0.220 e. The second kappa shape index (κ2) is 11.4. The summed E-state index contributed by atoms with van der Waals surface area (Å²) in [6.45, 7) is 3.32. The Balaban J connectivity index is 1.38. The average molecular weight is 458 g/mol. The predicted octanol–water partition coefficient (Wildman–Crippen LogP) is 5.32. The van der Waals surface area contributed by atoms with Gasteiger partial charge in [-0.1, -0.05) is 42.5 Å². The van der Waals surface area contributed by atoms with E-state index in [9.17, 15) is 4.79 Å². The van der Waals surface area contributed by atoms with Crippen LogP contribution < -0.4 is 14.8 Å². The van der Waals surface area contributed by atoms with Crippen molar-refractivity contribution in [2.45, 2.75) is 38.8 Å². The maximum absolute atomic E-state index is 12.6. The lowest BCUT2D eigenvalue weighted by Gasteiger charge is -2.17. The molecule has 0 aliphatic heterocycles. The number of carbonyl (C=O) groups excluding carboxylic acids is 1. The molecule has 4 rings (SSSR count). The van der Waals surface area contributed by atoms with Crippen LogP contribution in [0, 0.1) is 0 Å². The zero-order chi connectivity index (χ0) is 23.8. The number of nitrogens with zero attached hydrogens (tertiary/aromatic N) is 2. The number of amides is 1. The number of aryl methyl sites for hydroxylation is 2. The van der Waals surface area contributed by atoms with Crippen LogP contribution in [0.25, 0.3) is 11.0 Å². The lowest BCUT2D eigenvalue weighted by Crippen LogP contribution is -2.29. The zero-order valence-electron chi connectivity index (χ0n) is 19.7. The van der Waals surface area contributed by atoms with E-state index in [1.165, 1.54) is 0 Å². The lowest BCUT2D eigenvalue weighted by molar-refractivity contribution is -0.121. The van der Waals surface area contributed by atoms with Gasteiger partial charge in [0.25, 0.3) is 0 Å². The van der Waals surface area contributed by atoms with E-state index in [4.69, 9.17) is 14.5 Å². The van der Waals surface area contributed by atoms with E-state index in [1.807, 2.05) is 79.7 Å². The molecule has 0 bridgehead atoms. The number of hydrogen-bond acceptors (Lipinski definition) is 4. The predicted molar refractivity (Wildman–Crippen MR) is 134 cm³/mol. The standard InChI is InChI=1S/C28H31N3O3/c1-21(29-27(32)18-13-22-9-4-3-5-10-22)28-30-25-11-6-7-12-26(25)31(28)19-8-20-34-24-16-14-23(33-2)15-17-24/h3-7,9-12,14-17,21H,8,13,18-20H2,1-2H3,(H,29,32). The molecule has 0 saturated carbocycles. The lowest BCUT2D eigenvalue weighted by atomic mass is 10.1. The molecule has 0 spiro atoms. The highest BCUT2D eigenvalue weighted by Crippen LogP contribution is 2.22. The summed E-state index contributed by atoms with van der Waals surface area (Å²) in [5.74, 6) is 2.51. The Hall–Kier alpha value is -3.80.